The molecule has 326 valence electrons. The largest absolute Gasteiger partial charge is 0.462 e. The van der Waals surface area contributed by atoms with E-state index in [9.17, 15) is 9.59 Å². The third kappa shape index (κ3) is 31.1. The van der Waals surface area contributed by atoms with Crippen molar-refractivity contribution in [2.24, 2.45) is 0 Å². The smallest absolute Gasteiger partial charge is 0.338 e. The number of carbonyl (C=O) groups is 2. The molecule has 6 heteroatoms. The minimum Gasteiger partial charge on any atom is -0.462 e. The number of benzene rings is 1. The van der Waals surface area contributed by atoms with Gasteiger partial charge in [0, 0.05) is 13.1 Å². The summed E-state index contributed by atoms with van der Waals surface area (Å²) < 4.78 is 11.3. The molecule has 0 aromatic heterocycles. The van der Waals surface area contributed by atoms with Gasteiger partial charge in [-0.25, -0.2) is 9.59 Å². The molecule has 0 aliphatic carbocycles. The first-order valence-corrected chi connectivity index (χ1v) is 24.4. The van der Waals surface area contributed by atoms with Gasteiger partial charge in [0.15, 0.2) is 0 Å². The number of hydrogen-bond donors (Lipinski definition) is 0. The average Bonchev–Trinajstić information content (AvgIpc) is 3.21. The van der Waals surface area contributed by atoms with E-state index in [1.165, 1.54) is 180 Å². The van der Waals surface area contributed by atoms with E-state index < -0.39 is 0 Å². The van der Waals surface area contributed by atoms with Crippen LogP contribution in [-0.2, 0) is 9.47 Å². The number of carbonyl (C=O) groups excluding carboxylic acids is 2. The number of ether oxygens (including phenoxy) is 2. The Hall–Kier alpha value is -1.92. The molecule has 0 N–H and O–H groups in total. The van der Waals surface area contributed by atoms with E-state index in [0.717, 1.165) is 52.1 Å². The van der Waals surface area contributed by atoms with E-state index in [1.54, 1.807) is 24.3 Å². The van der Waals surface area contributed by atoms with E-state index in [0.29, 0.717) is 24.3 Å². The highest BCUT2D eigenvalue weighted by atomic mass is 16.5. The van der Waals surface area contributed by atoms with Gasteiger partial charge in [0.1, 0.15) is 0 Å². The lowest BCUT2D eigenvalue weighted by Crippen LogP contribution is -2.28. The van der Waals surface area contributed by atoms with Crippen LogP contribution in [0.4, 0.5) is 0 Å². The molecule has 0 amide bonds. The predicted molar refractivity (Wildman–Crippen MR) is 241 cm³/mol. The lowest BCUT2D eigenvalue weighted by molar-refractivity contribution is 0.0473. The maximum atomic E-state index is 12.8. The van der Waals surface area contributed by atoms with Crippen molar-refractivity contribution < 1.29 is 19.1 Å². The highest BCUT2D eigenvalue weighted by Gasteiger charge is 2.13. The van der Waals surface area contributed by atoms with Crippen LogP contribution in [0.25, 0.3) is 0 Å². The molecule has 0 atom stereocenters. The minimum absolute atomic E-state index is 0.322. The fraction of sp³-hybridized carbons (Fsp3) is 0.840. The van der Waals surface area contributed by atoms with Crippen LogP contribution in [-0.4, -0.2) is 74.2 Å². The van der Waals surface area contributed by atoms with E-state index in [-0.39, 0.29) is 11.9 Å². The standard InChI is InChI=1S/C50H92N2O4/c1-5-9-13-17-21-25-29-39-51(40-30-26-22-18-14-10-6-2)43-33-45-55-49(53)47-35-37-48(38-36-47)50(54)56-46-34-44-52(41-31-27-23-19-15-11-7-3)42-32-28-24-20-16-12-8-4/h35-38H,5-34,39-46H2,1-4H3. The van der Waals surface area contributed by atoms with Crippen molar-refractivity contribution in [1.29, 1.82) is 0 Å². The molecule has 0 spiro atoms. The second-order valence-corrected chi connectivity index (χ2v) is 16.7. The summed E-state index contributed by atoms with van der Waals surface area (Å²) in [4.78, 5) is 30.9. The molecule has 0 aliphatic heterocycles. The van der Waals surface area contributed by atoms with Crippen molar-refractivity contribution in [2.45, 2.75) is 220 Å². The number of esters is 2. The molecular formula is C50H92N2O4. The van der Waals surface area contributed by atoms with Gasteiger partial charge in [0.05, 0.1) is 24.3 Å². The van der Waals surface area contributed by atoms with Crippen molar-refractivity contribution >= 4 is 11.9 Å². The molecule has 1 rings (SSSR count). The summed E-state index contributed by atoms with van der Waals surface area (Å²) in [7, 11) is 0. The van der Waals surface area contributed by atoms with Gasteiger partial charge >= 0.3 is 11.9 Å². The lowest BCUT2D eigenvalue weighted by atomic mass is 10.1. The van der Waals surface area contributed by atoms with Crippen molar-refractivity contribution in [3.05, 3.63) is 35.4 Å². The second kappa shape index (κ2) is 39.9. The maximum Gasteiger partial charge on any atom is 0.338 e. The third-order valence-electron chi connectivity index (χ3n) is 11.4. The Kier molecular flexibility index (Phi) is 37.1. The number of nitrogens with zero attached hydrogens (tertiary/aromatic N) is 2. The molecule has 0 heterocycles. The molecule has 0 aliphatic rings. The Morgan fingerprint density at radius 3 is 0.804 bits per heavy atom. The molecule has 6 nitrogen and oxygen atoms in total. The molecule has 1 aromatic carbocycles. The first-order valence-electron chi connectivity index (χ1n) is 24.4. The molecule has 0 radical (unpaired) electrons. The monoisotopic (exact) mass is 785 g/mol. The Morgan fingerprint density at radius 2 is 0.554 bits per heavy atom. The first-order chi connectivity index (χ1) is 27.5. The Bertz CT molecular complexity index is 884. The molecular weight excluding hydrogens is 693 g/mol. The first kappa shape index (κ1) is 52.1. The molecule has 0 unspecified atom stereocenters. The van der Waals surface area contributed by atoms with E-state index >= 15 is 0 Å². The molecule has 0 fully saturated rings. The maximum absolute atomic E-state index is 12.8. The van der Waals surface area contributed by atoms with Crippen LogP contribution in [0, 0.1) is 0 Å². The van der Waals surface area contributed by atoms with Gasteiger partial charge in [-0.1, -0.05) is 182 Å². The summed E-state index contributed by atoms with van der Waals surface area (Å²) in [6.45, 7) is 16.5. The second-order valence-electron chi connectivity index (χ2n) is 16.7. The zero-order valence-electron chi connectivity index (χ0n) is 37.7. The molecule has 1 aromatic rings. The summed E-state index contributed by atoms with van der Waals surface area (Å²) in [6.07, 6.45) is 38.9. The van der Waals surface area contributed by atoms with Crippen LogP contribution in [0.5, 0.6) is 0 Å². The van der Waals surface area contributed by atoms with Crippen LogP contribution >= 0.6 is 0 Å². The van der Waals surface area contributed by atoms with Gasteiger partial charge in [0.25, 0.3) is 0 Å². The Balaban J connectivity index is 2.43. The number of hydrogen-bond acceptors (Lipinski definition) is 6. The van der Waals surface area contributed by atoms with Gasteiger partial charge in [-0.3, -0.25) is 0 Å². The molecule has 0 saturated heterocycles. The fourth-order valence-corrected chi connectivity index (χ4v) is 7.66. The van der Waals surface area contributed by atoms with Gasteiger partial charge < -0.3 is 19.3 Å². The summed E-state index contributed by atoms with van der Waals surface area (Å²) in [5, 5.41) is 0. The van der Waals surface area contributed by atoms with E-state index in [2.05, 4.69) is 37.5 Å². The van der Waals surface area contributed by atoms with Crippen molar-refractivity contribution in [3.63, 3.8) is 0 Å². The van der Waals surface area contributed by atoms with Gasteiger partial charge in [-0.05, 0) is 89.0 Å². The summed E-state index contributed by atoms with van der Waals surface area (Å²) in [5.41, 5.74) is 0.965. The van der Waals surface area contributed by atoms with E-state index in [1.807, 2.05) is 0 Å². The topological polar surface area (TPSA) is 59.1 Å². The van der Waals surface area contributed by atoms with Gasteiger partial charge in [0.2, 0.25) is 0 Å². The summed E-state index contributed by atoms with van der Waals surface area (Å²) >= 11 is 0. The van der Waals surface area contributed by atoms with E-state index in [4.69, 9.17) is 9.47 Å². The summed E-state index contributed by atoms with van der Waals surface area (Å²) in [6, 6.07) is 6.77. The predicted octanol–water partition coefficient (Wildman–Crippen LogP) is 14.4. The zero-order chi connectivity index (χ0) is 40.6. The van der Waals surface area contributed by atoms with Crippen molar-refractivity contribution in [3.8, 4) is 0 Å². The van der Waals surface area contributed by atoms with Crippen LogP contribution in [0.15, 0.2) is 24.3 Å². The third-order valence-corrected chi connectivity index (χ3v) is 11.4. The van der Waals surface area contributed by atoms with Gasteiger partial charge in [-0.15, -0.1) is 0 Å². The van der Waals surface area contributed by atoms with Gasteiger partial charge in [-0.2, -0.15) is 0 Å². The van der Waals surface area contributed by atoms with Crippen molar-refractivity contribution in [2.75, 3.05) is 52.5 Å². The molecule has 0 bridgehead atoms. The number of rotatable bonds is 42. The highest BCUT2D eigenvalue weighted by molar-refractivity contribution is 5.93. The normalized spacial score (nSPS) is 11.5. The number of unbranched alkanes of at least 4 members (excludes halogenated alkanes) is 24. The Labute approximate surface area is 348 Å². The SMILES string of the molecule is CCCCCCCCCN(CCCCCCCCC)CCCOC(=O)c1ccc(C(=O)OCCCN(CCCCCCCCC)CCCCCCCCC)cc1. The lowest BCUT2D eigenvalue weighted by Gasteiger charge is -2.22. The van der Waals surface area contributed by atoms with Crippen LogP contribution in [0.1, 0.15) is 241 Å². The summed E-state index contributed by atoms with van der Waals surface area (Å²) in [5.74, 6) is -0.643. The minimum atomic E-state index is -0.322. The van der Waals surface area contributed by atoms with Crippen molar-refractivity contribution in [1.82, 2.24) is 9.80 Å². The Morgan fingerprint density at radius 1 is 0.339 bits per heavy atom. The highest BCUT2D eigenvalue weighted by Crippen LogP contribution is 2.14. The van der Waals surface area contributed by atoms with Crippen LogP contribution in [0.2, 0.25) is 0 Å². The quantitative estimate of drug-likeness (QED) is 0.0486. The zero-order valence-corrected chi connectivity index (χ0v) is 37.7. The molecule has 0 saturated carbocycles. The van der Waals surface area contributed by atoms with Crippen LogP contribution < -0.4 is 0 Å². The average molecular weight is 785 g/mol. The fourth-order valence-electron chi connectivity index (χ4n) is 7.66. The molecule has 56 heavy (non-hydrogen) atoms. The van der Waals surface area contributed by atoms with Crippen LogP contribution in [0.3, 0.4) is 0 Å².